The number of nitrogens with two attached hydrogens (primary N) is 1. The molecule has 1 heterocycles. The first-order chi connectivity index (χ1) is 9.65. The van der Waals surface area contributed by atoms with Crippen molar-refractivity contribution in [2.75, 3.05) is 26.2 Å². The summed E-state index contributed by atoms with van der Waals surface area (Å²) in [5, 5.41) is 0. The normalized spacial score (nSPS) is 28.2. The third-order valence-corrected chi connectivity index (χ3v) is 5.25. The maximum Gasteiger partial charge on any atom is 0.222 e. The summed E-state index contributed by atoms with van der Waals surface area (Å²) in [5.74, 6) is 0.755. The van der Waals surface area contributed by atoms with Gasteiger partial charge in [0.1, 0.15) is 0 Å². The van der Waals surface area contributed by atoms with Crippen molar-refractivity contribution in [3.05, 3.63) is 0 Å². The molecule has 1 aliphatic carbocycles. The number of rotatable bonds is 5. The summed E-state index contributed by atoms with van der Waals surface area (Å²) in [4.78, 5) is 17.0. The van der Waals surface area contributed by atoms with Gasteiger partial charge in [-0.15, -0.1) is 24.8 Å². The molecular formula is C16H33Cl2N3O. The lowest BCUT2D eigenvalue weighted by Gasteiger charge is -2.30. The van der Waals surface area contributed by atoms with E-state index in [0.717, 1.165) is 45.4 Å². The average Bonchev–Trinajstić information content (AvgIpc) is 2.92. The monoisotopic (exact) mass is 353 g/mol. The second-order valence-electron chi connectivity index (χ2n) is 6.42. The van der Waals surface area contributed by atoms with Gasteiger partial charge in [0.05, 0.1) is 0 Å². The van der Waals surface area contributed by atoms with Crippen molar-refractivity contribution in [1.82, 2.24) is 9.80 Å². The lowest BCUT2D eigenvalue weighted by atomic mass is 9.83. The zero-order chi connectivity index (χ0) is 14.5. The predicted octanol–water partition coefficient (Wildman–Crippen LogP) is 2.68. The molecule has 0 aromatic rings. The van der Waals surface area contributed by atoms with E-state index < -0.39 is 0 Å². The van der Waals surface area contributed by atoms with Crippen LogP contribution >= 0.6 is 24.8 Å². The molecule has 0 radical (unpaired) electrons. The first-order valence-electron chi connectivity index (χ1n) is 8.43. The van der Waals surface area contributed by atoms with Gasteiger partial charge >= 0.3 is 0 Å². The Hall–Kier alpha value is -0.0300. The Balaban J connectivity index is 0.00000220. The summed E-state index contributed by atoms with van der Waals surface area (Å²) in [6, 6.07) is 0.808. The smallest absolute Gasteiger partial charge is 0.222 e. The van der Waals surface area contributed by atoms with Crippen LogP contribution in [-0.4, -0.2) is 54.0 Å². The van der Waals surface area contributed by atoms with Gasteiger partial charge in [0.15, 0.2) is 0 Å². The lowest BCUT2D eigenvalue weighted by Crippen LogP contribution is -2.40. The van der Waals surface area contributed by atoms with Crippen molar-refractivity contribution < 1.29 is 4.79 Å². The zero-order valence-electron chi connectivity index (χ0n) is 14.0. The second-order valence-corrected chi connectivity index (χ2v) is 6.42. The molecule has 1 saturated heterocycles. The number of carbonyl (C=O) groups is 1. The number of hydrogen-bond donors (Lipinski definition) is 1. The molecular weight excluding hydrogens is 321 g/mol. The van der Waals surface area contributed by atoms with Crippen LogP contribution in [0.25, 0.3) is 0 Å². The number of likely N-dealkylation sites (tertiary alicyclic amines) is 1. The molecule has 4 nitrogen and oxygen atoms in total. The van der Waals surface area contributed by atoms with Crippen LogP contribution in [0.15, 0.2) is 0 Å². The van der Waals surface area contributed by atoms with Crippen LogP contribution in [0.2, 0.25) is 0 Å². The van der Waals surface area contributed by atoms with E-state index in [-0.39, 0.29) is 30.9 Å². The van der Waals surface area contributed by atoms with Gasteiger partial charge < -0.3 is 10.6 Å². The molecule has 3 atom stereocenters. The number of hydrogen-bond acceptors (Lipinski definition) is 3. The highest BCUT2D eigenvalue weighted by molar-refractivity contribution is 5.85. The molecule has 1 aliphatic heterocycles. The topological polar surface area (TPSA) is 49.6 Å². The molecule has 2 aliphatic rings. The van der Waals surface area contributed by atoms with Crippen molar-refractivity contribution in [2.45, 2.75) is 64.5 Å². The predicted molar refractivity (Wildman–Crippen MR) is 97.0 cm³/mol. The van der Waals surface area contributed by atoms with E-state index in [1.54, 1.807) is 0 Å². The van der Waals surface area contributed by atoms with Gasteiger partial charge in [-0.25, -0.2) is 0 Å². The minimum absolute atomic E-state index is 0. The van der Waals surface area contributed by atoms with E-state index in [2.05, 4.69) is 23.6 Å². The quantitative estimate of drug-likeness (QED) is 0.826. The van der Waals surface area contributed by atoms with Crippen molar-refractivity contribution in [3.8, 4) is 0 Å². The highest BCUT2D eigenvalue weighted by Crippen LogP contribution is 2.27. The van der Waals surface area contributed by atoms with Gasteiger partial charge in [-0.1, -0.05) is 26.7 Å². The maximum absolute atomic E-state index is 12.5. The number of amides is 1. The van der Waals surface area contributed by atoms with E-state index in [0.29, 0.717) is 24.3 Å². The maximum atomic E-state index is 12.5. The number of likely N-dealkylation sites (N-methyl/N-ethyl adjacent to an activating group) is 1. The van der Waals surface area contributed by atoms with Crippen molar-refractivity contribution in [3.63, 3.8) is 0 Å². The van der Waals surface area contributed by atoms with Crippen LogP contribution in [0, 0.1) is 5.92 Å². The Morgan fingerprint density at radius 2 is 1.77 bits per heavy atom. The fourth-order valence-corrected chi connectivity index (χ4v) is 3.85. The van der Waals surface area contributed by atoms with Crippen LogP contribution in [0.3, 0.4) is 0 Å². The van der Waals surface area contributed by atoms with Gasteiger partial charge in [0, 0.05) is 31.6 Å². The molecule has 2 rings (SSSR count). The molecule has 132 valence electrons. The fourth-order valence-electron chi connectivity index (χ4n) is 3.85. The number of carbonyl (C=O) groups excluding carboxylic acids is 1. The van der Waals surface area contributed by atoms with Crippen molar-refractivity contribution in [1.29, 1.82) is 0 Å². The second kappa shape index (κ2) is 10.7. The summed E-state index contributed by atoms with van der Waals surface area (Å²) < 4.78 is 0. The first kappa shape index (κ1) is 22.0. The molecule has 6 heteroatoms. The summed E-state index contributed by atoms with van der Waals surface area (Å²) >= 11 is 0. The Morgan fingerprint density at radius 3 is 2.36 bits per heavy atom. The average molecular weight is 354 g/mol. The van der Waals surface area contributed by atoms with Crippen LogP contribution < -0.4 is 5.73 Å². The van der Waals surface area contributed by atoms with E-state index >= 15 is 0 Å². The SMILES string of the molecule is CCN(CC)C1CCN(C(=O)CC2CCCCC2N)C1.Cl.Cl. The van der Waals surface area contributed by atoms with E-state index in [9.17, 15) is 4.79 Å². The van der Waals surface area contributed by atoms with Gasteiger partial charge in [0.25, 0.3) is 0 Å². The van der Waals surface area contributed by atoms with Crippen LogP contribution in [0.4, 0.5) is 0 Å². The van der Waals surface area contributed by atoms with Crippen LogP contribution in [-0.2, 0) is 4.79 Å². The minimum Gasteiger partial charge on any atom is -0.341 e. The van der Waals surface area contributed by atoms with Crippen molar-refractivity contribution in [2.24, 2.45) is 11.7 Å². The number of nitrogens with zero attached hydrogens (tertiary/aromatic N) is 2. The van der Waals surface area contributed by atoms with Gasteiger partial charge in [-0.05, 0) is 38.3 Å². The molecule has 22 heavy (non-hydrogen) atoms. The molecule has 2 N–H and O–H groups in total. The van der Waals surface area contributed by atoms with Gasteiger partial charge in [-0.2, -0.15) is 0 Å². The van der Waals surface area contributed by atoms with Crippen LogP contribution in [0.1, 0.15) is 52.4 Å². The number of halogens is 2. The third kappa shape index (κ3) is 5.55. The zero-order valence-corrected chi connectivity index (χ0v) is 15.6. The van der Waals surface area contributed by atoms with E-state index in [1.807, 2.05) is 0 Å². The summed E-state index contributed by atoms with van der Waals surface area (Å²) in [6.45, 7) is 8.42. The fraction of sp³-hybridized carbons (Fsp3) is 0.938. The Labute approximate surface area is 148 Å². The molecule has 2 fully saturated rings. The van der Waals surface area contributed by atoms with Crippen LogP contribution in [0.5, 0.6) is 0 Å². The van der Waals surface area contributed by atoms with Gasteiger partial charge in [-0.3, -0.25) is 9.69 Å². The van der Waals surface area contributed by atoms with Crippen molar-refractivity contribution >= 4 is 30.7 Å². The molecule has 1 saturated carbocycles. The molecule has 3 unspecified atom stereocenters. The molecule has 1 amide bonds. The standard InChI is InChI=1S/C16H31N3O.2ClH/c1-3-18(4-2)14-9-10-19(12-14)16(20)11-13-7-5-6-8-15(13)17;;/h13-15H,3-12,17H2,1-2H3;2*1H. The largest absolute Gasteiger partial charge is 0.341 e. The van der Waals surface area contributed by atoms with E-state index in [4.69, 9.17) is 5.73 Å². The Bertz CT molecular complexity index is 327. The summed E-state index contributed by atoms with van der Waals surface area (Å²) in [5.41, 5.74) is 6.17. The molecule has 0 bridgehead atoms. The molecule has 0 aromatic carbocycles. The minimum atomic E-state index is 0. The highest BCUT2D eigenvalue weighted by Gasteiger charge is 2.31. The Morgan fingerprint density at radius 1 is 1.14 bits per heavy atom. The molecule has 0 spiro atoms. The van der Waals surface area contributed by atoms with Gasteiger partial charge in [0.2, 0.25) is 5.91 Å². The first-order valence-corrected chi connectivity index (χ1v) is 8.43. The summed E-state index contributed by atoms with van der Waals surface area (Å²) in [6.07, 6.45) is 6.52. The van der Waals surface area contributed by atoms with E-state index in [1.165, 1.54) is 12.8 Å². The lowest BCUT2D eigenvalue weighted by molar-refractivity contribution is -0.131. The summed E-state index contributed by atoms with van der Waals surface area (Å²) in [7, 11) is 0. The molecule has 0 aromatic heterocycles. The third-order valence-electron chi connectivity index (χ3n) is 5.25. The highest BCUT2D eigenvalue weighted by atomic mass is 35.5. The Kier molecular flexibility index (Phi) is 10.7.